The number of carbonyl (C=O) groups excluding carboxylic acids is 1. The molecule has 0 bridgehead atoms. The molecule has 0 aliphatic heterocycles. The molecule has 3 aromatic rings. The number of aliphatic hydroxyl groups is 1. The van der Waals surface area contributed by atoms with E-state index in [9.17, 15) is 9.90 Å². The minimum absolute atomic E-state index is 0.167. The molecule has 0 radical (unpaired) electrons. The molecule has 0 fully saturated rings. The van der Waals surface area contributed by atoms with Gasteiger partial charge in [0.2, 0.25) is 0 Å². The molecule has 0 aliphatic carbocycles. The molecule has 2 heterocycles. The molecule has 3 N–H and O–H groups in total. The van der Waals surface area contributed by atoms with E-state index >= 15 is 0 Å². The van der Waals surface area contributed by atoms with Gasteiger partial charge in [-0.1, -0.05) is 18.2 Å². The van der Waals surface area contributed by atoms with Gasteiger partial charge in [0.1, 0.15) is 11.3 Å². The van der Waals surface area contributed by atoms with E-state index in [0.717, 1.165) is 21.3 Å². The van der Waals surface area contributed by atoms with Crippen molar-refractivity contribution in [3.63, 3.8) is 0 Å². The second kappa shape index (κ2) is 5.59. The van der Waals surface area contributed by atoms with Crippen molar-refractivity contribution in [1.29, 1.82) is 0 Å². The minimum atomic E-state index is -1.06. The number of aryl methyl sites for hydroxylation is 1. The van der Waals surface area contributed by atoms with Crippen molar-refractivity contribution in [2.24, 2.45) is 0 Å². The van der Waals surface area contributed by atoms with E-state index in [2.05, 4.69) is 10.3 Å². The zero-order valence-corrected chi connectivity index (χ0v) is 13.3. The Labute approximate surface area is 132 Å². The van der Waals surface area contributed by atoms with Gasteiger partial charge in [0.15, 0.2) is 0 Å². The van der Waals surface area contributed by atoms with Crippen LogP contribution in [0, 0.1) is 6.92 Å². The maximum absolute atomic E-state index is 12.3. The number of hydrogen-bond acceptors (Lipinski definition) is 3. The van der Waals surface area contributed by atoms with E-state index in [1.807, 2.05) is 48.7 Å². The second-order valence-electron chi connectivity index (χ2n) is 5.71. The predicted molar refractivity (Wildman–Crippen MR) is 89.3 cm³/mol. The van der Waals surface area contributed by atoms with Gasteiger partial charge in [-0.15, -0.1) is 11.3 Å². The summed E-state index contributed by atoms with van der Waals surface area (Å²) < 4.78 is 0. The van der Waals surface area contributed by atoms with E-state index in [0.29, 0.717) is 5.69 Å². The molecule has 1 atom stereocenters. The van der Waals surface area contributed by atoms with E-state index in [1.54, 1.807) is 6.92 Å². The van der Waals surface area contributed by atoms with Crippen molar-refractivity contribution >= 4 is 28.1 Å². The first-order chi connectivity index (χ1) is 10.5. The van der Waals surface area contributed by atoms with Gasteiger partial charge in [-0.3, -0.25) is 4.79 Å². The Balaban J connectivity index is 1.73. The molecule has 0 saturated heterocycles. The van der Waals surface area contributed by atoms with Crippen LogP contribution in [0.1, 0.15) is 27.9 Å². The lowest BCUT2D eigenvalue weighted by Gasteiger charge is -2.22. The molecular weight excluding hydrogens is 296 g/mol. The molecule has 1 amide bonds. The number of aromatic amines is 1. The monoisotopic (exact) mass is 314 g/mol. The van der Waals surface area contributed by atoms with Crippen molar-refractivity contribution < 1.29 is 9.90 Å². The fraction of sp³-hybridized carbons (Fsp3) is 0.235. The SMILES string of the molecule is Cc1ccc2cc(C(=O)NCC(C)(O)c3cccs3)[nH]c2c1. The summed E-state index contributed by atoms with van der Waals surface area (Å²) in [6.45, 7) is 3.88. The number of thiophene rings is 1. The van der Waals surface area contributed by atoms with Crippen LogP contribution in [0.25, 0.3) is 10.9 Å². The second-order valence-corrected chi connectivity index (χ2v) is 6.66. The van der Waals surface area contributed by atoms with E-state index < -0.39 is 5.60 Å². The van der Waals surface area contributed by atoms with Gasteiger partial charge in [0.05, 0.1) is 6.54 Å². The van der Waals surface area contributed by atoms with Crippen LogP contribution in [0.4, 0.5) is 0 Å². The highest BCUT2D eigenvalue weighted by atomic mass is 32.1. The van der Waals surface area contributed by atoms with Crippen LogP contribution in [0.5, 0.6) is 0 Å². The molecule has 0 aliphatic rings. The Morgan fingerprint density at radius 1 is 1.36 bits per heavy atom. The summed E-state index contributed by atoms with van der Waals surface area (Å²) >= 11 is 1.47. The number of nitrogens with one attached hydrogen (secondary N) is 2. The normalized spacial score (nSPS) is 14.0. The molecule has 3 rings (SSSR count). The molecule has 22 heavy (non-hydrogen) atoms. The molecular formula is C17H18N2O2S. The lowest BCUT2D eigenvalue weighted by Crippen LogP contribution is -2.38. The standard InChI is InChI=1S/C17H18N2O2S/c1-11-5-6-12-9-14(19-13(12)8-11)16(20)18-10-17(2,21)15-4-3-7-22-15/h3-9,19,21H,10H2,1-2H3,(H,18,20). The van der Waals surface area contributed by atoms with Crippen molar-refractivity contribution in [2.45, 2.75) is 19.4 Å². The number of fused-ring (bicyclic) bond motifs is 1. The Morgan fingerprint density at radius 2 is 2.18 bits per heavy atom. The van der Waals surface area contributed by atoms with E-state index in [-0.39, 0.29) is 12.5 Å². The zero-order valence-electron chi connectivity index (χ0n) is 12.5. The topological polar surface area (TPSA) is 65.1 Å². The quantitative estimate of drug-likeness (QED) is 0.692. The smallest absolute Gasteiger partial charge is 0.267 e. The van der Waals surface area contributed by atoms with Crippen molar-refractivity contribution in [3.05, 3.63) is 57.9 Å². The van der Waals surface area contributed by atoms with Gasteiger partial charge in [-0.2, -0.15) is 0 Å². The fourth-order valence-electron chi connectivity index (χ4n) is 2.38. The average molecular weight is 314 g/mol. The first kappa shape index (κ1) is 14.8. The van der Waals surface area contributed by atoms with Crippen molar-refractivity contribution in [2.75, 3.05) is 6.54 Å². The summed E-state index contributed by atoms with van der Waals surface area (Å²) in [5, 5.41) is 16.1. The number of rotatable bonds is 4. The van der Waals surface area contributed by atoms with E-state index in [4.69, 9.17) is 0 Å². The summed E-state index contributed by atoms with van der Waals surface area (Å²) in [5.41, 5.74) is 1.52. The number of amides is 1. The van der Waals surface area contributed by atoms with Crippen LogP contribution < -0.4 is 5.32 Å². The van der Waals surface area contributed by atoms with Crippen molar-refractivity contribution in [3.8, 4) is 0 Å². The Hall–Kier alpha value is -2.11. The van der Waals surface area contributed by atoms with Crippen LogP contribution in [0.15, 0.2) is 41.8 Å². The van der Waals surface area contributed by atoms with Crippen molar-refractivity contribution in [1.82, 2.24) is 10.3 Å². The lowest BCUT2D eigenvalue weighted by atomic mass is 10.1. The summed E-state index contributed by atoms with van der Waals surface area (Å²) in [6.07, 6.45) is 0. The summed E-state index contributed by atoms with van der Waals surface area (Å²) in [5.74, 6) is -0.217. The summed E-state index contributed by atoms with van der Waals surface area (Å²) in [4.78, 5) is 16.2. The molecule has 4 nitrogen and oxygen atoms in total. The number of aromatic nitrogens is 1. The Bertz CT molecular complexity index is 803. The first-order valence-electron chi connectivity index (χ1n) is 7.10. The van der Waals surface area contributed by atoms with Crippen LogP contribution in [-0.4, -0.2) is 22.5 Å². The average Bonchev–Trinajstić information content (AvgIpc) is 3.13. The Morgan fingerprint density at radius 3 is 2.91 bits per heavy atom. The van der Waals surface area contributed by atoms with Crippen LogP contribution in [-0.2, 0) is 5.60 Å². The van der Waals surface area contributed by atoms with Gasteiger partial charge in [-0.05, 0) is 43.0 Å². The number of H-pyrrole nitrogens is 1. The first-order valence-corrected chi connectivity index (χ1v) is 7.98. The number of carbonyl (C=O) groups is 1. The van der Waals surface area contributed by atoms with Crippen LogP contribution in [0.3, 0.4) is 0 Å². The van der Waals surface area contributed by atoms with Crippen LogP contribution in [0.2, 0.25) is 0 Å². The molecule has 0 spiro atoms. The van der Waals surface area contributed by atoms with Gasteiger partial charge in [0, 0.05) is 15.8 Å². The molecule has 2 aromatic heterocycles. The fourth-order valence-corrected chi connectivity index (χ4v) is 3.17. The maximum Gasteiger partial charge on any atom is 0.267 e. The molecule has 1 aromatic carbocycles. The molecule has 0 saturated carbocycles. The highest BCUT2D eigenvalue weighted by Crippen LogP contribution is 2.24. The molecule has 114 valence electrons. The molecule has 5 heteroatoms. The summed E-state index contributed by atoms with van der Waals surface area (Å²) in [6, 6.07) is 11.6. The highest BCUT2D eigenvalue weighted by Gasteiger charge is 2.25. The maximum atomic E-state index is 12.3. The molecule has 1 unspecified atom stereocenters. The largest absolute Gasteiger partial charge is 0.383 e. The minimum Gasteiger partial charge on any atom is -0.383 e. The predicted octanol–water partition coefficient (Wildman–Crippen LogP) is 3.18. The van der Waals surface area contributed by atoms with Gasteiger partial charge in [-0.25, -0.2) is 0 Å². The van der Waals surface area contributed by atoms with E-state index in [1.165, 1.54) is 11.3 Å². The van der Waals surface area contributed by atoms with Gasteiger partial charge in [0.25, 0.3) is 5.91 Å². The van der Waals surface area contributed by atoms with Gasteiger partial charge < -0.3 is 15.4 Å². The van der Waals surface area contributed by atoms with Gasteiger partial charge >= 0.3 is 0 Å². The zero-order chi connectivity index (χ0) is 15.7. The third-order valence-electron chi connectivity index (χ3n) is 3.67. The van der Waals surface area contributed by atoms with Crippen LogP contribution >= 0.6 is 11.3 Å². The number of hydrogen-bond donors (Lipinski definition) is 3. The summed E-state index contributed by atoms with van der Waals surface area (Å²) in [7, 11) is 0. The highest BCUT2D eigenvalue weighted by molar-refractivity contribution is 7.10. The third-order valence-corrected chi connectivity index (χ3v) is 4.79. The Kier molecular flexibility index (Phi) is 3.76. The number of benzene rings is 1. The lowest BCUT2D eigenvalue weighted by molar-refractivity contribution is 0.0555. The third kappa shape index (κ3) is 2.91.